The lowest BCUT2D eigenvalue weighted by Gasteiger charge is -2.15. The van der Waals surface area contributed by atoms with Gasteiger partial charge in [-0.2, -0.15) is 5.10 Å². The van der Waals surface area contributed by atoms with Crippen molar-refractivity contribution in [3.05, 3.63) is 16.4 Å². The smallest absolute Gasteiger partial charge is 0.233 e. The maximum atomic E-state index is 12.3. The number of fused-ring (bicyclic) bond motifs is 1. The number of amides is 2. The van der Waals surface area contributed by atoms with Gasteiger partial charge in [0, 0.05) is 12.6 Å². The molecule has 1 aromatic rings. The molecule has 3 rings (SSSR count). The summed E-state index contributed by atoms with van der Waals surface area (Å²) in [5.74, 6) is -0.259. The van der Waals surface area contributed by atoms with Crippen LogP contribution < -0.4 is 0 Å². The zero-order chi connectivity index (χ0) is 13.7. The fraction of sp³-hybridized carbons (Fsp3) is 0.615. The SMILES string of the molecule is Cc1nn(C)c(Cl)c1CN1C(=O)C2CCCC2C1=O. The molecule has 2 aliphatic rings. The van der Waals surface area contributed by atoms with Crippen molar-refractivity contribution in [1.29, 1.82) is 0 Å². The van der Waals surface area contributed by atoms with Crippen molar-refractivity contribution >= 4 is 23.4 Å². The lowest BCUT2D eigenvalue weighted by molar-refractivity contribution is -0.141. The molecule has 2 amide bonds. The van der Waals surface area contributed by atoms with E-state index in [0.29, 0.717) is 5.15 Å². The average molecular weight is 282 g/mol. The highest BCUT2D eigenvalue weighted by Gasteiger charge is 2.49. The van der Waals surface area contributed by atoms with Crippen LogP contribution in [0.4, 0.5) is 0 Å². The van der Waals surface area contributed by atoms with Crippen molar-refractivity contribution < 1.29 is 9.59 Å². The fourth-order valence-corrected chi connectivity index (χ4v) is 3.46. The predicted octanol–water partition coefficient (Wildman–Crippen LogP) is 1.67. The van der Waals surface area contributed by atoms with Crippen LogP contribution in [0.3, 0.4) is 0 Å². The predicted molar refractivity (Wildman–Crippen MR) is 69.3 cm³/mol. The monoisotopic (exact) mass is 281 g/mol. The Morgan fingerprint density at radius 2 is 1.84 bits per heavy atom. The topological polar surface area (TPSA) is 55.2 Å². The Bertz CT molecular complexity index is 544. The van der Waals surface area contributed by atoms with Crippen LogP contribution in [0.1, 0.15) is 30.5 Å². The summed E-state index contributed by atoms with van der Waals surface area (Å²) in [6, 6.07) is 0. The second-order valence-electron chi connectivity index (χ2n) is 5.38. The van der Waals surface area contributed by atoms with E-state index in [-0.39, 0.29) is 30.2 Å². The fourth-order valence-electron chi connectivity index (χ4n) is 3.23. The standard InChI is InChI=1S/C13H16ClN3O2/c1-7-10(11(14)16(2)15-7)6-17-12(18)8-4-3-5-9(8)13(17)19/h8-9H,3-6H2,1-2H3. The first kappa shape index (κ1) is 12.7. The molecule has 2 unspecified atom stereocenters. The minimum atomic E-state index is -0.0942. The number of nitrogens with zero attached hydrogens (tertiary/aromatic N) is 3. The van der Waals surface area contributed by atoms with E-state index in [1.165, 1.54) is 4.90 Å². The van der Waals surface area contributed by atoms with E-state index in [9.17, 15) is 9.59 Å². The third kappa shape index (κ3) is 1.79. The second-order valence-corrected chi connectivity index (χ2v) is 5.74. The maximum Gasteiger partial charge on any atom is 0.233 e. The van der Waals surface area contributed by atoms with E-state index < -0.39 is 0 Å². The first-order valence-corrected chi connectivity index (χ1v) is 6.91. The molecule has 2 atom stereocenters. The number of aryl methyl sites for hydroxylation is 2. The van der Waals surface area contributed by atoms with Crippen LogP contribution in [0, 0.1) is 18.8 Å². The van der Waals surface area contributed by atoms with E-state index in [1.807, 2.05) is 6.92 Å². The average Bonchev–Trinajstić information content (AvgIpc) is 2.99. The van der Waals surface area contributed by atoms with Crippen molar-refractivity contribution in [3.63, 3.8) is 0 Å². The van der Waals surface area contributed by atoms with Crippen LogP contribution in [0.2, 0.25) is 5.15 Å². The number of likely N-dealkylation sites (tertiary alicyclic amines) is 1. The van der Waals surface area contributed by atoms with E-state index in [0.717, 1.165) is 30.5 Å². The minimum Gasteiger partial charge on any atom is -0.277 e. The van der Waals surface area contributed by atoms with Gasteiger partial charge < -0.3 is 0 Å². The Kier molecular flexibility index (Phi) is 2.89. The maximum absolute atomic E-state index is 12.3. The van der Waals surface area contributed by atoms with Gasteiger partial charge in [0.05, 0.1) is 24.1 Å². The van der Waals surface area contributed by atoms with Gasteiger partial charge >= 0.3 is 0 Å². The first-order chi connectivity index (χ1) is 9.00. The van der Waals surface area contributed by atoms with Crippen molar-refractivity contribution in [2.24, 2.45) is 18.9 Å². The Balaban J connectivity index is 1.88. The van der Waals surface area contributed by atoms with Crippen molar-refractivity contribution in [2.75, 3.05) is 0 Å². The zero-order valence-electron chi connectivity index (χ0n) is 11.0. The Labute approximate surface area is 116 Å². The summed E-state index contributed by atoms with van der Waals surface area (Å²) in [6.45, 7) is 2.09. The number of hydrogen-bond acceptors (Lipinski definition) is 3. The molecule has 0 N–H and O–H groups in total. The molecular weight excluding hydrogens is 266 g/mol. The molecule has 6 heteroatoms. The van der Waals surface area contributed by atoms with Gasteiger partial charge in [-0.05, 0) is 19.8 Å². The van der Waals surface area contributed by atoms with E-state index >= 15 is 0 Å². The summed E-state index contributed by atoms with van der Waals surface area (Å²) < 4.78 is 1.57. The summed E-state index contributed by atoms with van der Waals surface area (Å²) in [5, 5.41) is 4.71. The quantitative estimate of drug-likeness (QED) is 0.775. The molecule has 1 aliphatic carbocycles. The summed E-state index contributed by atoms with van der Waals surface area (Å²) in [6.07, 6.45) is 2.66. The van der Waals surface area contributed by atoms with E-state index in [1.54, 1.807) is 11.7 Å². The number of aromatic nitrogens is 2. The van der Waals surface area contributed by atoms with Crippen LogP contribution in [-0.4, -0.2) is 26.5 Å². The molecule has 2 heterocycles. The minimum absolute atomic E-state index is 0.0354. The molecule has 102 valence electrons. The number of carbonyl (C=O) groups is 2. The number of hydrogen-bond donors (Lipinski definition) is 0. The van der Waals surface area contributed by atoms with Crippen molar-refractivity contribution in [2.45, 2.75) is 32.7 Å². The third-order valence-electron chi connectivity index (χ3n) is 4.27. The van der Waals surface area contributed by atoms with Crippen LogP contribution >= 0.6 is 11.6 Å². The van der Waals surface area contributed by atoms with Gasteiger partial charge in [0.15, 0.2) is 0 Å². The van der Waals surface area contributed by atoms with Gasteiger partial charge in [0.2, 0.25) is 11.8 Å². The summed E-state index contributed by atoms with van der Waals surface area (Å²) >= 11 is 6.16. The molecule has 5 nitrogen and oxygen atoms in total. The van der Waals surface area contributed by atoms with Crippen LogP contribution in [0.5, 0.6) is 0 Å². The van der Waals surface area contributed by atoms with Gasteiger partial charge in [0.1, 0.15) is 5.15 Å². The van der Waals surface area contributed by atoms with E-state index in [4.69, 9.17) is 11.6 Å². The lowest BCUT2D eigenvalue weighted by Crippen LogP contribution is -2.31. The largest absolute Gasteiger partial charge is 0.277 e. The van der Waals surface area contributed by atoms with Crippen LogP contribution in [0.25, 0.3) is 0 Å². The molecule has 0 aromatic carbocycles. The van der Waals surface area contributed by atoms with Crippen molar-refractivity contribution in [3.8, 4) is 0 Å². The van der Waals surface area contributed by atoms with Crippen LogP contribution in [-0.2, 0) is 23.2 Å². The van der Waals surface area contributed by atoms with Gasteiger partial charge in [0.25, 0.3) is 0 Å². The molecule has 1 aliphatic heterocycles. The third-order valence-corrected chi connectivity index (χ3v) is 4.74. The normalized spacial score (nSPS) is 26.4. The highest BCUT2D eigenvalue weighted by molar-refractivity contribution is 6.30. The molecule has 2 fully saturated rings. The molecule has 1 saturated carbocycles. The highest BCUT2D eigenvalue weighted by Crippen LogP contribution is 2.40. The highest BCUT2D eigenvalue weighted by atomic mass is 35.5. The molecule has 0 radical (unpaired) electrons. The van der Waals surface area contributed by atoms with Gasteiger partial charge in [-0.25, -0.2) is 0 Å². The molecular formula is C13H16ClN3O2. The zero-order valence-corrected chi connectivity index (χ0v) is 11.8. The molecule has 19 heavy (non-hydrogen) atoms. The van der Waals surface area contributed by atoms with Crippen molar-refractivity contribution in [1.82, 2.24) is 14.7 Å². The molecule has 0 bridgehead atoms. The molecule has 1 aromatic heterocycles. The lowest BCUT2D eigenvalue weighted by atomic mass is 10.00. The number of imide groups is 1. The number of halogens is 1. The molecule has 1 saturated heterocycles. The van der Waals surface area contributed by atoms with Gasteiger partial charge in [-0.3, -0.25) is 19.2 Å². The Morgan fingerprint density at radius 3 is 2.32 bits per heavy atom. The molecule has 0 spiro atoms. The van der Waals surface area contributed by atoms with Gasteiger partial charge in [-0.1, -0.05) is 18.0 Å². The Morgan fingerprint density at radius 1 is 1.26 bits per heavy atom. The van der Waals surface area contributed by atoms with Gasteiger partial charge in [-0.15, -0.1) is 0 Å². The van der Waals surface area contributed by atoms with E-state index in [2.05, 4.69) is 5.10 Å². The number of rotatable bonds is 2. The second kappa shape index (κ2) is 4.34. The summed E-state index contributed by atoms with van der Waals surface area (Å²) in [5.41, 5.74) is 1.54. The summed E-state index contributed by atoms with van der Waals surface area (Å²) in [7, 11) is 1.75. The number of carbonyl (C=O) groups excluding carboxylic acids is 2. The summed E-state index contributed by atoms with van der Waals surface area (Å²) in [4.78, 5) is 25.9. The van der Waals surface area contributed by atoms with Crippen LogP contribution in [0.15, 0.2) is 0 Å². The first-order valence-electron chi connectivity index (χ1n) is 6.54. The Hall–Kier alpha value is -1.36.